The van der Waals surface area contributed by atoms with Crippen molar-refractivity contribution in [3.63, 3.8) is 0 Å². The first-order chi connectivity index (χ1) is 10.2. The molecule has 3 N–H and O–H groups in total. The normalized spacial score (nSPS) is 14.8. The number of sulfonamides is 1. The fourth-order valence-electron chi connectivity index (χ4n) is 2.15. The van der Waals surface area contributed by atoms with Crippen molar-refractivity contribution < 1.29 is 13.5 Å². The smallest absolute Gasteiger partial charge is 0.232 e. The van der Waals surface area contributed by atoms with Crippen molar-refractivity contribution in [1.29, 1.82) is 0 Å². The third-order valence-corrected chi connectivity index (χ3v) is 4.77. The van der Waals surface area contributed by atoms with Gasteiger partial charge in [0.2, 0.25) is 10.0 Å². The summed E-state index contributed by atoms with van der Waals surface area (Å²) in [5, 5.41) is 13.2. The second kappa shape index (κ2) is 8.50. The molecule has 0 spiro atoms. The van der Waals surface area contributed by atoms with E-state index in [9.17, 15) is 13.5 Å². The van der Waals surface area contributed by atoms with Gasteiger partial charge in [0.15, 0.2) is 0 Å². The highest BCUT2D eigenvalue weighted by Gasteiger charge is 2.11. The number of hydrogen-bond acceptors (Lipinski definition) is 4. The number of aliphatic hydroxyl groups excluding tert-OH is 1. The van der Waals surface area contributed by atoms with Gasteiger partial charge in [-0.15, -0.1) is 0 Å². The van der Waals surface area contributed by atoms with Crippen LogP contribution in [0.4, 0.5) is 5.69 Å². The molecule has 22 heavy (non-hydrogen) atoms. The molecule has 0 fully saturated rings. The number of hydrogen-bond donors (Lipinski definition) is 3. The van der Waals surface area contributed by atoms with Gasteiger partial charge in [-0.2, -0.15) is 0 Å². The Kier molecular flexibility index (Phi) is 7.32. The third-order valence-electron chi connectivity index (χ3n) is 3.47. The second-order valence-electron chi connectivity index (χ2n) is 6.04. The van der Waals surface area contributed by atoms with E-state index in [0.29, 0.717) is 18.2 Å². The Morgan fingerprint density at radius 2 is 1.73 bits per heavy atom. The van der Waals surface area contributed by atoms with Crippen molar-refractivity contribution in [3.05, 3.63) is 29.8 Å². The second-order valence-corrected chi connectivity index (χ2v) is 8.05. The first-order valence-electron chi connectivity index (χ1n) is 7.75. The zero-order valence-corrected chi connectivity index (χ0v) is 14.7. The molecule has 5 nitrogen and oxygen atoms in total. The molecule has 6 heteroatoms. The molecule has 2 unspecified atom stereocenters. The van der Waals surface area contributed by atoms with E-state index >= 15 is 0 Å². The highest BCUT2D eigenvalue weighted by Crippen LogP contribution is 2.17. The van der Waals surface area contributed by atoms with Crippen LogP contribution in [0.5, 0.6) is 0 Å². The van der Waals surface area contributed by atoms with Crippen molar-refractivity contribution >= 4 is 15.7 Å². The molecule has 0 aliphatic rings. The Morgan fingerprint density at radius 1 is 1.14 bits per heavy atom. The zero-order chi connectivity index (χ0) is 16.8. The van der Waals surface area contributed by atoms with Crippen LogP contribution < -0.4 is 10.0 Å². The summed E-state index contributed by atoms with van der Waals surface area (Å²) in [7, 11) is -3.24. The summed E-state index contributed by atoms with van der Waals surface area (Å²) in [5.74, 6) is 0.526. The summed E-state index contributed by atoms with van der Waals surface area (Å²) in [4.78, 5) is 0. The summed E-state index contributed by atoms with van der Waals surface area (Å²) in [6.07, 6.45) is 0.426. The highest BCUT2D eigenvalue weighted by atomic mass is 32.2. The van der Waals surface area contributed by atoms with Crippen LogP contribution >= 0.6 is 0 Å². The van der Waals surface area contributed by atoms with E-state index in [-0.39, 0.29) is 17.9 Å². The molecule has 0 aromatic heterocycles. The summed E-state index contributed by atoms with van der Waals surface area (Å²) >= 11 is 0. The van der Waals surface area contributed by atoms with Gasteiger partial charge in [0.1, 0.15) is 0 Å². The Labute approximate surface area is 134 Å². The monoisotopic (exact) mass is 328 g/mol. The summed E-state index contributed by atoms with van der Waals surface area (Å²) < 4.78 is 25.5. The Balaban J connectivity index is 2.55. The molecule has 0 radical (unpaired) electrons. The van der Waals surface area contributed by atoms with E-state index < -0.39 is 10.0 Å². The Morgan fingerprint density at radius 3 is 2.23 bits per heavy atom. The molecule has 0 saturated heterocycles. The molecule has 126 valence electrons. The van der Waals surface area contributed by atoms with Crippen molar-refractivity contribution in [1.82, 2.24) is 5.32 Å². The van der Waals surface area contributed by atoms with E-state index in [1.54, 1.807) is 19.1 Å². The van der Waals surface area contributed by atoms with Gasteiger partial charge < -0.3 is 10.4 Å². The first kappa shape index (κ1) is 18.9. The van der Waals surface area contributed by atoms with Gasteiger partial charge in [-0.05, 0) is 43.9 Å². The predicted octanol–water partition coefficient (Wildman–Crippen LogP) is 2.51. The predicted molar refractivity (Wildman–Crippen MR) is 91.4 cm³/mol. The summed E-state index contributed by atoms with van der Waals surface area (Å²) in [5.41, 5.74) is 1.62. The van der Waals surface area contributed by atoms with Crippen LogP contribution in [0.3, 0.4) is 0 Å². The van der Waals surface area contributed by atoms with Crippen LogP contribution in [0.25, 0.3) is 0 Å². The number of rotatable bonds is 9. The maximum absolute atomic E-state index is 11.5. The quantitative estimate of drug-likeness (QED) is 0.651. The van der Waals surface area contributed by atoms with Crippen LogP contribution in [0.2, 0.25) is 0 Å². The van der Waals surface area contributed by atoms with Gasteiger partial charge in [0, 0.05) is 18.3 Å². The van der Waals surface area contributed by atoms with Crippen molar-refractivity contribution in [2.75, 3.05) is 17.0 Å². The lowest BCUT2D eigenvalue weighted by molar-refractivity contribution is 0.143. The van der Waals surface area contributed by atoms with E-state index in [0.717, 1.165) is 12.0 Å². The van der Waals surface area contributed by atoms with Gasteiger partial charge in [-0.25, -0.2) is 8.42 Å². The van der Waals surface area contributed by atoms with Gasteiger partial charge in [0.05, 0.1) is 11.9 Å². The molecule has 1 aromatic rings. The molecule has 0 aliphatic carbocycles. The van der Waals surface area contributed by atoms with E-state index in [2.05, 4.69) is 23.9 Å². The number of anilines is 1. The van der Waals surface area contributed by atoms with Gasteiger partial charge in [0.25, 0.3) is 0 Å². The van der Waals surface area contributed by atoms with Gasteiger partial charge in [-0.1, -0.05) is 26.0 Å². The van der Waals surface area contributed by atoms with E-state index in [4.69, 9.17) is 0 Å². The molecule has 0 bridgehead atoms. The van der Waals surface area contributed by atoms with Crippen LogP contribution in [-0.2, 0) is 10.0 Å². The minimum atomic E-state index is -3.24. The zero-order valence-electron chi connectivity index (χ0n) is 13.8. The minimum absolute atomic E-state index is 0.0560. The lowest BCUT2D eigenvalue weighted by Crippen LogP contribution is -2.30. The lowest BCUT2D eigenvalue weighted by Gasteiger charge is -2.19. The van der Waals surface area contributed by atoms with Crippen molar-refractivity contribution in [2.45, 2.75) is 46.3 Å². The molecule has 2 atom stereocenters. The summed E-state index contributed by atoms with van der Waals surface area (Å²) in [6, 6.07) is 7.38. The maximum atomic E-state index is 11.5. The molecule has 0 saturated carbocycles. The third kappa shape index (κ3) is 6.77. The average molecular weight is 328 g/mol. The molecule has 0 amide bonds. The van der Waals surface area contributed by atoms with Gasteiger partial charge in [-0.3, -0.25) is 4.72 Å². The SMILES string of the molecule is CCS(=O)(=O)Nc1ccc(C(C)NCC(O)CC(C)C)cc1. The van der Waals surface area contributed by atoms with Crippen LogP contribution in [0, 0.1) is 5.92 Å². The highest BCUT2D eigenvalue weighted by molar-refractivity contribution is 7.92. The fourth-order valence-corrected chi connectivity index (χ4v) is 2.79. The van der Waals surface area contributed by atoms with Crippen LogP contribution in [-0.4, -0.2) is 31.9 Å². The van der Waals surface area contributed by atoms with Crippen LogP contribution in [0.15, 0.2) is 24.3 Å². The largest absolute Gasteiger partial charge is 0.392 e. The summed E-state index contributed by atoms with van der Waals surface area (Å²) in [6.45, 7) is 8.34. The fraction of sp³-hybridized carbons (Fsp3) is 0.625. The molecule has 1 aromatic carbocycles. The Hall–Kier alpha value is -1.11. The van der Waals surface area contributed by atoms with E-state index in [1.165, 1.54) is 0 Å². The molecular weight excluding hydrogens is 300 g/mol. The molecule has 1 rings (SSSR count). The minimum Gasteiger partial charge on any atom is -0.392 e. The number of nitrogens with one attached hydrogen (secondary N) is 2. The molecule has 0 heterocycles. The van der Waals surface area contributed by atoms with Crippen molar-refractivity contribution in [3.8, 4) is 0 Å². The average Bonchev–Trinajstić information content (AvgIpc) is 2.44. The molecular formula is C16H28N2O3S. The lowest BCUT2D eigenvalue weighted by atomic mass is 10.0. The standard InChI is InChI=1S/C16H28N2O3S/c1-5-22(20,21)18-15-8-6-14(7-9-15)13(4)17-11-16(19)10-12(2)3/h6-9,12-13,16-19H,5,10-11H2,1-4H3. The van der Waals surface area contributed by atoms with Crippen LogP contribution in [0.1, 0.15) is 45.7 Å². The number of benzene rings is 1. The first-order valence-corrected chi connectivity index (χ1v) is 9.40. The maximum Gasteiger partial charge on any atom is 0.232 e. The number of aliphatic hydroxyl groups is 1. The topological polar surface area (TPSA) is 78.4 Å². The van der Waals surface area contributed by atoms with Gasteiger partial charge >= 0.3 is 0 Å². The van der Waals surface area contributed by atoms with Crippen molar-refractivity contribution in [2.24, 2.45) is 5.92 Å². The Bertz CT molecular complexity index is 541. The van der Waals surface area contributed by atoms with E-state index in [1.807, 2.05) is 19.1 Å². The molecule has 0 aliphatic heterocycles.